The van der Waals surface area contributed by atoms with Crippen LogP contribution in [0.2, 0.25) is 0 Å². The summed E-state index contributed by atoms with van der Waals surface area (Å²) in [6, 6.07) is 17.3. The van der Waals surface area contributed by atoms with E-state index in [-0.39, 0.29) is 5.91 Å². The molecule has 126 valence electrons. The van der Waals surface area contributed by atoms with E-state index in [0.29, 0.717) is 6.54 Å². The van der Waals surface area contributed by atoms with Crippen molar-refractivity contribution in [3.8, 4) is 11.4 Å². The zero-order chi connectivity index (χ0) is 17.5. The molecule has 0 fully saturated rings. The van der Waals surface area contributed by atoms with Gasteiger partial charge in [0.2, 0.25) is 5.91 Å². The van der Waals surface area contributed by atoms with Gasteiger partial charge in [-0.15, -0.1) is 0 Å². The second kappa shape index (κ2) is 7.97. The van der Waals surface area contributed by atoms with Gasteiger partial charge in [0, 0.05) is 25.0 Å². The molecule has 0 unspecified atom stereocenters. The molecule has 0 radical (unpaired) electrons. The molecule has 0 bridgehead atoms. The van der Waals surface area contributed by atoms with Gasteiger partial charge in [0.25, 0.3) is 0 Å². The summed E-state index contributed by atoms with van der Waals surface area (Å²) >= 11 is 0. The minimum absolute atomic E-state index is 0.132. The number of nitrogens with one attached hydrogen (secondary N) is 1. The van der Waals surface area contributed by atoms with Crippen LogP contribution in [0, 0.1) is 0 Å². The summed E-state index contributed by atoms with van der Waals surface area (Å²) in [5.74, 6) is 0.659. The highest BCUT2D eigenvalue weighted by Crippen LogP contribution is 2.12. The number of hydrogen-bond donors (Lipinski definition) is 1. The molecule has 3 rings (SSSR count). The third-order valence-corrected chi connectivity index (χ3v) is 3.71. The minimum Gasteiger partial charge on any atom is -0.497 e. The Bertz CT molecular complexity index is 836. The van der Waals surface area contributed by atoms with Gasteiger partial charge < -0.3 is 10.1 Å². The number of carbonyl (C=O) groups is 1. The van der Waals surface area contributed by atoms with E-state index in [4.69, 9.17) is 4.74 Å². The Hall–Kier alpha value is -3.34. The second-order valence-electron chi connectivity index (χ2n) is 5.44. The minimum atomic E-state index is -0.132. The summed E-state index contributed by atoms with van der Waals surface area (Å²) in [4.78, 5) is 11.9. The summed E-state index contributed by atoms with van der Waals surface area (Å²) < 4.78 is 6.90. The third-order valence-electron chi connectivity index (χ3n) is 3.71. The van der Waals surface area contributed by atoms with E-state index in [2.05, 4.69) is 10.4 Å². The highest BCUT2D eigenvalue weighted by Gasteiger charge is 1.99. The molecule has 0 atom stereocenters. The first-order valence-corrected chi connectivity index (χ1v) is 7.93. The maximum Gasteiger partial charge on any atom is 0.244 e. The molecule has 1 heterocycles. The van der Waals surface area contributed by atoms with Crippen molar-refractivity contribution >= 4 is 12.0 Å². The monoisotopic (exact) mass is 333 g/mol. The van der Waals surface area contributed by atoms with Gasteiger partial charge in [0.15, 0.2) is 0 Å². The molecular formula is C20H19N3O2. The first-order chi connectivity index (χ1) is 12.2. The average molecular weight is 333 g/mol. The number of hydrogen-bond acceptors (Lipinski definition) is 3. The molecule has 2 aromatic carbocycles. The molecule has 3 aromatic rings. The van der Waals surface area contributed by atoms with Crippen LogP contribution in [0.1, 0.15) is 11.1 Å². The SMILES string of the molecule is COc1ccc(/C=C/C(=O)NCc2ccc(-n3cccn3)cc2)cc1. The van der Waals surface area contributed by atoms with Crippen molar-refractivity contribution in [3.63, 3.8) is 0 Å². The predicted octanol–water partition coefficient (Wildman–Crippen LogP) is 3.21. The van der Waals surface area contributed by atoms with Crippen molar-refractivity contribution in [3.05, 3.63) is 84.2 Å². The van der Waals surface area contributed by atoms with Crippen LogP contribution in [0.3, 0.4) is 0 Å². The molecule has 1 N–H and O–H groups in total. The molecular weight excluding hydrogens is 314 g/mol. The molecule has 5 heteroatoms. The highest BCUT2D eigenvalue weighted by molar-refractivity contribution is 5.91. The van der Waals surface area contributed by atoms with E-state index in [1.807, 2.05) is 60.8 Å². The summed E-state index contributed by atoms with van der Waals surface area (Å²) in [5.41, 5.74) is 2.96. The van der Waals surface area contributed by atoms with Gasteiger partial charge >= 0.3 is 0 Å². The Labute approximate surface area is 146 Å². The van der Waals surface area contributed by atoms with Crippen LogP contribution in [-0.2, 0) is 11.3 Å². The lowest BCUT2D eigenvalue weighted by Gasteiger charge is -2.05. The number of methoxy groups -OCH3 is 1. The number of carbonyl (C=O) groups excluding carboxylic acids is 1. The fraction of sp³-hybridized carbons (Fsp3) is 0.100. The van der Waals surface area contributed by atoms with Crippen LogP contribution in [0.4, 0.5) is 0 Å². The smallest absolute Gasteiger partial charge is 0.244 e. The number of rotatable bonds is 6. The molecule has 25 heavy (non-hydrogen) atoms. The fourth-order valence-electron chi connectivity index (χ4n) is 2.32. The van der Waals surface area contributed by atoms with Gasteiger partial charge in [0.05, 0.1) is 12.8 Å². The second-order valence-corrected chi connectivity index (χ2v) is 5.44. The molecule has 0 spiro atoms. The van der Waals surface area contributed by atoms with Crippen molar-refractivity contribution in [1.82, 2.24) is 15.1 Å². The van der Waals surface area contributed by atoms with Crippen LogP contribution in [-0.4, -0.2) is 22.8 Å². The Balaban J connectivity index is 1.52. The van der Waals surface area contributed by atoms with Gasteiger partial charge in [-0.25, -0.2) is 4.68 Å². The van der Waals surface area contributed by atoms with Crippen LogP contribution in [0.25, 0.3) is 11.8 Å². The average Bonchev–Trinajstić information content (AvgIpc) is 3.20. The van der Waals surface area contributed by atoms with Gasteiger partial charge in [-0.1, -0.05) is 24.3 Å². The van der Waals surface area contributed by atoms with Crippen LogP contribution < -0.4 is 10.1 Å². The Morgan fingerprint density at radius 2 is 1.92 bits per heavy atom. The molecule has 0 saturated heterocycles. The molecule has 0 aliphatic rings. The number of aromatic nitrogens is 2. The molecule has 5 nitrogen and oxygen atoms in total. The molecule has 0 saturated carbocycles. The van der Waals surface area contributed by atoms with Crippen molar-refractivity contribution in [2.24, 2.45) is 0 Å². The molecule has 1 amide bonds. The Morgan fingerprint density at radius 3 is 2.56 bits per heavy atom. The van der Waals surface area contributed by atoms with Crippen molar-refractivity contribution < 1.29 is 9.53 Å². The number of benzene rings is 2. The van der Waals surface area contributed by atoms with Crippen LogP contribution >= 0.6 is 0 Å². The molecule has 1 aromatic heterocycles. The van der Waals surface area contributed by atoms with Gasteiger partial charge in [-0.05, 0) is 47.5 Å². The lowest BCUT2D eigenvalue weighted by molar-refractivity contribution is -0.116. The summed E-state index contributed by atoms with van der Waals surface area (Å²) in [7, 11) is 1.62. The van der Waals surface area contributed by atoms with Crippen LogP contribution in [0.15, 0.2) is 73.1 Å². The lowest BCUT2D eigenvalue weighted by Crippen LogP contribution is -2.20. The zero-order valence-corrected chi connectivity index (χ0v) is 13.9. The van der Waals surface area contributed by atoms with Crippen molar-refractivity contribution in [2.75, 3.05) is 7.11 Å². The van der Waals surface area contributed by atoms with Gasteiger partial charge in [-0.3, -0.25) is 4.79 Å². The van der Waals surface area contributed by atoms with Crippen molar-refractivity contribution in [1.29, 1.82) is 0 Å². The third kappa shape index (κ3) is 4.57. The first-order valence-electron chi connectivity index (χ1n) is 7.93. The summed E-state index contributed by atoms with van der Waals surface area (Å²) in [6.45, 7) is 0.477. The van der Waals surface area contributed by atoms with E-state index >= 15 is 0 Å². The fourth-order valence-corrected chi connectivity index (χ4v) is 2.32. The van der Waals surface area contributed by atoms with Gasteiger partial charge in [0.1, 0.15) is 5.75 Å². The van der Waals surface area contributed by atoms with E-state index in [9.17, 15) is 4.79 Å². The van der Waals surface area contributed by atoms with E-state index in [1.165, 1.54) is 6.08 Å². The largest absolute Gasteiger partial charge is 0.497 e. The first kappa shape index (κ1) is 16.5. The quantitative estimate of drug-likeness (QED) is 0.705. The summed E-state index contributed by atoms with van der Waals surface area (Å²) in [5, 5.41) is 7.06. The molecule has 0 aliphatic carbocycles. The van der Waals surface area contributed by atoms with Crippen LogP contribution in [0.5, 0.6) is 5.75 Å². The van der Waals surface area contributed by atoms with E-state index < -0.39 is 0 Å². The Kier molecular flexibility index (Phi) is 5.26. The topological polar surface area (TPSA) is 56.1 Å². The number of amides is 1. The highest BCUT2D eigenvalue weighted by atomic mass is 16.5. The normalized spacial score (nSPS) is 10.8. The number of nitrogens with zero attached hydrogens (tertiary/aromatic N) is 2. The maximum absolute atomic E-state index is 11.9. The zero-order valence-electron chi connectivity index (χ0n) is 13.9. The Morgan fingerprint density at radius 1 is 1.16 bits per heavy atom. The number of ether oxygens (including phenoxy) is 1. The predicted molar refractivity (Wildman–Crippen MR) is 97.4 cm³/mol. The van der Waals surface area contributed by atoms with E-state index in [0.717, 1.165) is 22.6 Å². The maximum atomic E-state index is 11.9. The standard InChI is InChI=1S/C20H19N3O2/c1-25-19-10-5-16(6-11-19)7-12-20(24)21-15-17-3-8-18(9-4-17)23-14-2-13-22-23/h2-14H,15H2,1H3,(H,21,24)/b12-7+. The van der Waals surface area contributed by atoms with E-state index in [1.54, 1.807) is 24.1 Å². The van der Waals surface area contributed by atoms with Gasteiger partial charge in [-0.2, -0.15) is 5.10 Å². The lowest BCUT2D eigenvalue weighted by atomic mass is 10.2. The summed E-state index contributed by atoms with van der Waals surface area (Å²) in [6.07, 6.45) is 6.93. The van der Waals surface area contributed by atoms with Crippen molar-refractivity contribution in [2.45, 2.75) is 6.54 Å². The molecule has 0 aliphatic heterocycles.